The number of fused-ring (bicyclic) bond motifs is 1. The molecule has 1 fully saturated rings. The van der Waals surface area contributed by atoms with Gasteiger partial charge in [-0.25, -0.2) is 9.55 Å². The molecule has 200 valence electrons. The second-order valence-corrected chi connectivity index (χ2v) is 13.1. The van der Waals surface area contributed by atoms with E-state index in [-0.39, 0.29) is 22.0 Å². The lowest BCUT2D eigenvalue weighted by Crippen LogP contribution is -2.31. The van der Waals surface area contributed by atoms with Crippen LogP contribution in [0, 0.1) is 31.5 Å². The number of hydrogen-bond acceptors (Lipinski definition) is 2. The maximum atomic E-state index is 9.29. The first-order valence-corrected chi connectivity index (χ1v) is 13.7. The van der Waals surface area contributed by atoms with E-state index in [9.17, 15) is 1.37 Å². The van der Waals surface area contributed by atoms with Gasteiger partial charge >= 0.3 is 0 Å². The Kier molecular flexibility index (Phi) is 4.88. The second-order valence-electron chi connectivity index (χ2n) is 13.1. The van der Waals surface area contributed by atoms with E-state index >= 15 is 0 Å². The van der Waals surface area contributed by atoms with Gasteiger partial charge in [0.1, 0.15) is 12.6 Å². The van der Waals surface area contributed by atoms with Crippen LogP contribution < -0.4 is 4.57 Å². The van der Waals surface area contributed by atoms with Gasteiger partial charge in [0.25, 0.3) is 0 Å². The molecule has 1 aliphatic rings. The smallest absolute Gasteiger partial charge is 0.215 e. The van der Waals surface area contributed by atoms with Gasteiger partial charge in [0.05, 0.1) is 5.56 Å². The summed E-state index contributed by atoms with van der Waals surface area (Å²) in [4.78, 5) is 4.89. The fraction of sp³-hybridized carbons (Fsp3) is 0.486. The molecule has 2 heterocycles. The van der Waals surface area contributed by atoms with Crippen molar-refractivity contribution >= 4 is 11.1 Å². The van der Waals surface area contributed by atoms with E-state index in [0.717, 1.165) is 24.0 Å². The molecule has 3 nitrogen and oxygen atoms in total. The van der Waals surface area contributed by atoms with E-state index in [4.69, 9.17) is 17.6 Å². The number of nitrogens with zero attached hydrogens (tertiary/aromatic N) is 2. The molecule has 4 aromatic rings. The van der Waals surface area contributed by atoms with Crippen LogP contribution in [0.4, 0.5) is 0 Å². The van der Waals surface area contributed by atoms with Crippen molar-refractivity contribution in [2.24, 2.45) is 17.9 Å². The molecule has 0 atom stereocenters. The minimum atomic E-state index is -2.52. The number of benzene rings is 2. The molecule has 2 aromatic carbocycles. The Morgan fingerprint density at radius 2 is 1.76 bits per heavy atom. The summed E-state index contributed by atoms with van der Waals surface area (Å²) >= 11 is 0. The highest BCUT2D eigenvalue weighted by Gasteiger charge is 2.28. The van der Waals surface area contributed by atoms with E-state index in [0.29, 0.717) is 58.6 Å². The molecule has 0 N–H and O–H groups in total. The Bertz CT molecular complexity index is 1750. The number of aromatic nitrogens is 2. The summed E-state index contributed by atoms with van der Waals surface area (Å²) in [6.45, 7) is 7.74. The molecule has 2 aromatic heterocycles. The van der Waals surface area contributed by atoms with Crippen molar-refractivity contribution in [2.45, 2.75) is 93.2 Å². The zero-order valence-electron chi connectivity index (χ0n) is 30.9. The first-order valence-electron chi connectivity index (χ1n) is 17.2. The van der Waals surface area contributed by atoms with Crippen LogP contribution in [0.25, 0.3) is 33.5 Å². The van der Waals surface area contributed by atoms with Crippen LogP contribution >= 0.6 is 0 Å². The van der Waals surface area contributed by atoms with Crippen LogP contribution in [0.3, 0.4) is 0 Å². The quantitative estimate of drug-likeness (QED) is 0.253. The summed E-state index contributed by atoms with van der Waals surface area (Å²) in [5.74, 6) is -0.262. The van der Waals surface area contributed by atoms with Gasteiger partial charge in [-0.3, -0.25) is 0 Å². The van der Waals surface area contributed by atoms with Gasteiger partial charge in [-0.1, -0.05) is 58.9 Å². The fourth-order valence-corrected chi connectivity index (χ4v) is 5.63. The molecule has 0 radical (unpaired) electrons. The number of rotatable bonds is 4. The van der Waals surface area contributed by atoms with Crippen LogP contribution in [-0.2, 0) is 13.5 Å². The Balaban J connectivity index is 1.74. The van der Waals surface area contributed by atoms with Crippen molar-refractivity contribution in [3.8, 4) is 22.4 Å². The van der Waals surface area contributed by atoms with Crippen molar-refractivity contribution in [3.05, 3.63) is 70.7 Å². The normalized spacial score (nSPS) is 20.6. The second kappa shape index (κ2) is 9.67. The minimum absolute atomic E-state index is 0.0292. The number of hydrogen-bond donors (Lipinski definition) is 0. The first kappa shape index (κ1) is 19.2. The number of oxazole rings is 1. The molecule has 0 saturated heterocycles. The fourth-order valence-electron chi connectivity index (χ4n) is 5.63. The average molecular weight is 517 g/mol. The van der Waals surface area contributed by atoms with Gasteiger partial charge < -0.3 is 4.42 Å². The molecule has 5 rings (SSSR count). The lowest BCUT2D eigenvalue weighted by molar-refractivity contribution is -0.660. The number of pyridine rings is 1. The Labute approximate surface area is 239 Å². The van der Waals surface area contributed by atoms with E-state index < -0.39 is 19.6 Å². The van der Waals surface area contributed by atoms with Gasteiger partial charge in [0.15, 0.2) is 17.7 Å². The van der Waals surface area contributed by atoms with Gasteiger partial charge in [-0.05, 0) is 96.9 Å². The van der Waals surface area contributed by atoms with Crippen LogP contribution in [-0.4, -0.2) is 4.98 Å². The predicted octanol–water partition coefficient (Wildman–Crippen LogP) is 9.18. The molecule has 0 amide bonds. The van der Waals surface area contributed by atoms with E-state index in [1.54, 1.807) is 36.0 Å². The summed E-state index contributed by atoms with van der Waals surface area (Å²) in [6, 6.07) is 10.8. The van der Waals surface area contributed by atoms with E-state index in [1.807, 2.05) is 25.1 Å². The van der Waals surface area contributed by atoms with Crippen molar-refractivity contribution < 1.29 is 18.6 Å². The minimum Gasteiger partial charge on any atom is -0.441 e. The predicted molar refractivity (Wildman–Crippen MR) is 158 cm³/mol. The zero-order valence-corrected chi connectivity index (χ0v) is 23.9. The molecule has 3 heteroatoms. The van der Waals surface area contributed by atoms with Gasteiger partial charge in [-0.2, -0.15) is 0 Å². The summed E-state index contributed by atoms with van der Waals surface area (Å²) in [6.07, 6.45) is 5.28. The maximum Gasteiger partial charge on any atom is 0.215 e. The molecule has 0 spiro atoms. The molecule has 1 aliphatic carbocycles. The summed E-state index contributed by atoms with van der Waals surface area (Å²) in [7, 11) is 1.80. The van der Waals surface area contributed by atoms with E-state index in [2.05, 4.69) is 34.6 Å². The maximum absolute atomic E-state index is 9.29. The lowest BCUT2D eigenvalue weighted by atomic mass is 9.71. The topological polar surface area (TPSA) is 29.9 Å². The highest BCUT2D eigenvalue weighted by Crippen LogP contribution is 2.43. The molecular formula is C35H45N2O+. The molecule has 38 heavy (non-hydrogen) atoms. The van der Waals surface area contributed by atoms with Crippen molar-refractivity contribution in [1.82, 2.24) is 4.98 Å². The van der Waals surface area contributed by atoms with Gasteiger partial charge in [0.2, 0.25) is 5.69 Å². The van der Waals surface area contributed by atoms with Crippen LogP contribution in [0.2, 0.25) is 0 Å². The average Bonchev–Trinajstić information content (AvgIpc) is 3.30. The monoisotopic (exact) mass is 516 g/mol. The first-order chi connectivity index (χ1) is 20.6. The summed E-state index contributed by atoms with van der Waals surface area (Å²) in [5, 5.41) is 0. The Morgan fingerprint density at radius 3 is 2.45 bits per heavy atom. The Morgan fingerprint density at radius 1 is 1.03 bits per heavy atom. The van der Waals surface area contributed by atoms with Crippen molar-refractivity contribution in [1.29, 1.82) is 0 Å². The molecule has 1 saturated carbocycles. The van der Waals surface area contributed by atoms with Gasteiger partial charge in [0, 0.05) is 27.6 Å². The van der Waals surface area contributed by atoms with Crippen LogP contribution in [0.15, 0.2) is 47.0 Å². The third-order valence-electron chi connectivity index (χ3n) is 7.95. The third kappa shape index (κ3) is 5.30. The molecule has 0 aliphatic heterocycles. The number of aryl methyl sites for hydroxylation is 4. The van der Waals surface area contributed by atoms with Gasteiger partial charge in [-0.15, -0.1) is 0 Å². The summed E-state index contributed by atoms with van der Waals surface area (Å²) in [5.41, 5.74) is 5.34. The molecular weight excluding hydrogens is 464 g/mol. The summed E-state index contributed by atoms with van der Waals surface area (Å²) < 4.78 is 68.0. The Hall–Kier alpha value is -2.94. The van der Waals surface area contributed by atoms with Crippen LogP contribution in [0.5, 0.6) is 0 Å². The van der Waals surface area contributed by atoms with Crippen molar-refractivity contribution in [2.75, 3.05) is 0 Å². The van der Waals surface area contributed by atoms with Crippen LogP contribution in [0.1, 0.15) is 104 Å². The zero-order chi connectivity index (χ0) is 33.3. The SMILES string of the molecule is [2H]C([2H])([2H])c1cc(C2([2H])CCC(C)(C)CC2)ccc1-c1cc(-c2c(C)ccc3oc(CC(C)(C)C)nc23)[n+](C)cc1C([2H])([2H])[2H]. The molecule has 0 unspecified atom stereocenters. The standard InChI is InChI=1S/C35H45N2O/c1-22-10-13-30-33(36-31(38-30)20-34(4,5)6)32(22)29-19-28(24(3)21-37(29)9)27-12-11-26(18-23(27)2)25-14-16-35(7,8)17-15-25/h10-13,18-19,21,25H,14-17,20H2,1-9H3/q+1/i2D3,3D3,25D. The van der Waals surface area contributed by atoms with Crippen molar-refractivity contribution in [3.63, 3.8) is 0 Å². The highest BCUT2D eigenvalue weighted by molar-refractivity contribution is 5.92. The van der Waals surface area contributed by atoms with E-state index in [1.165, 1.54) is 0 Å². The third-order valence-corrected chi connectivity index (χ3v) is 7.95. The molecule has 0 bridgehead atoms. The lowest BCUT2D eigenvalue weighted by Gasteiger charge is -2.34. The largest absolute Gasteiger partial charge is 0.441 e. The highest BCUT2D eigenvalue weighted by atomic mass is 16.3.